The van der Waals surface area contributed by atoms with E-state index in [0.717, 1.165) is 18.2 Å². The second kappa shape index (κ2) is 8.85. The van der Waals surface area contributed by atoms with Crippen LogP contribution in [0.4, 0.5) is 5.69 Å². The van der Waals surface area contributed by atoms with Gasteiger partial charge in [0.25, 0.3) is 11.6 Å². The van der Waals surface area contributed by atoms with E-state index in [4.69, 9.17) is 16.3 Å². The molecule has 9 nitrogen and oxygen atoms in total. The monoisotopic (exact) mass is 459 g/mol. The van der Waals surface area contributed by atoms with Crippen LogP contribution in [0.3, 0.4) is 0 Å². The van der Waals surface area contributed by atoms with E-state index in [0.29, 0.717) is 25.9 Å². The molecule has 0 radical (unpaired) electrons. The number of ether oxygens (including phenoxy) is 1. The van der Waals surface area contributed by atoms with Crippen molar-refractivity contribution in [3.8, 4) is 0 Å². The van der Waals surface area contributed by atoms with Gasteiger partial charge in [-0.1, -0.05) is 41.9 Å². The highest BCUT2D eigenvalue weighted by molar-refractivity contribution is 6.34. The molecule has 0 aliphatic carbocycles. The van der Waals surface area contributed by atoms with Crippen LogP contribution in [0.15, 0.2) is 48.5 Å². The first kappa shape index (κ1) is 22.2. The predicted molar refractivity (Wildman–Crippen MR) is 115 cm³/mol. The number of amides is 1. The molecule has 168 valence electrons. The van der Waals surface area contributed by atoms with Crippen molar-refractivity contribution >= 4 is 29.2 Å². The topological polar surface area (TPSA) is 113 Å². The van der Waals surface area contributed by atoms with Gasteiger partial charge in [-0.15, -0.1) is 0 Å². The van der Waals surface area contributed by atoms with Crippen LogP contribution >= 0.6 is 11.6 Å². The number of piperidine rings is 1. The molecule has 0 saturated carbocycles. The number of carboxylic acid groups (broad SMARTS) is 1. The third-order valence-corrected chi connectivity index (χ3v) is 6.37. The molecule has 2 aromatic carbocycles. The number of halogens is 1. The average molecular weight is 460 g/mol. The van der Waals surface area contributed by atoms with E-state index in [1.165, 1.54) is 17.0 Å². The quantitative estimate of drug-likeness (QED) is 0.539. The molecule has 2 heterocycles. The Morgan fingerprint density at radius 3 is 2.50 bits per heavy atom. The molecule has 1 spiro atoms. The zero-order valence-corrected chi connectivity index (χ0v) is 17.9. The zero-order valence-electron chi connectivity index (χ0n) is 17.1. The molecule has 2 aliphatic heterocycles. The van der Waals surface area contributed by atoms with Gasteiger partial charge >= 0.3 is 5.97 Å². The van der Waals surface area contributed by atoms with Crippen molar-refractivity contribution < 1.29 is 24.4 Å². The number of carbonyl (C=O) groups is 2. The van der Waals surface area contributed by atoms with E-state index in [1.54, 1.807) is 0 Å². The summed E-state index contributed by atoms with van der Waals surface area (Å²) in [4.78, 5) is 39.4. The van der Waals surface area contributed by atoms with Gasteiger partial charge in [0.05, 0.1) is 22.1 Å². The van der Waals surface area contributed by atoms with Crippen LogP contribution in [-0.2, 0) is 16.1 Å². The SMILES string of the molecule is O=C(O)C1COC2(CCN(Cc3ccccc3)CC2)N1C(=O)c1cc([N+](=O)[O-])ccc1Cl. The summed E-state index contributed by atoms with van der Waals surface area (Å²) in [5.41, 5.74) is -0.336. The van der Waals surface area contributed by atoms with Crippen LogP contribution in [0.5, 0.6) is 0 Å². The first-order chi connectivity index (χ1) is 15.3. The minimum atomic E-state index is -1.20. The highest BCUT2D eigenvalue weighted by atomic mass is 35.5. The Bertz CT molecular complexity index is 1040. The number of benzene rings is 2. The Hall–Kier alpha value is -3.01. The van der Waals surface area contributed by atoms with E-state index in [-0.39, 0.29) is 22.9 Å². The van der Waals surface area contributed by atoms with Crippen molar-refractivity contribution in [2.75, 3.05) is 19.7 Å². The minimum absolute atomic E-state index is 0.0216. The van der Waals surface area contributed by atoms with Gasteiger partial charge in [0.15, 0.2) is 6.04 Å². The molecule has 0 bridgehead atoms. The number of likely N-dealkylation sites (tertiary alicyclic amines) is 1. The summed E-state index contributed by atoms with van der Waals surface area (Å²) in [6.07, 6.45) is 0.837. The number of aliphatic carboxylic acids is 1. The largest absolute Gasteiger partial charge is 0.480 e. The van der Waals surface area contributed by atoms with Gasteiger partial charge < -0.3 is 9.84 Å². The summed E-state index contributed by atoms with van der Waals surface area (Å²) < 4.78 is 5.95. The van der Waals surface area contributed by atoms with Gasteiger partial charge in [-0.3, -0.25) is 24.7 Å². The van der Waals surface area contributed by atoms with E-state index < -0.39 is 28.6 Å². The number of nitrogens with zero attached hydrogens (tertiary/aromatic N) is 3. The summed E-state index contributed by atoms with van der Waals surface area (Å²) in [5.74, 6) is -1.87. The molecule has 2 saturated heterocycles. The fourth-order valence-electron chi connectivity index (χ4n) is 4.38. The molecular formula is C22H22ClN3O6. The number of carbonyl (C=O) groups excluding carboxylic acids is 1. The third kappa shape index (κ3) is 4.19. The zero-order chi connectivity index (χ0) is 22.9. The average Bonchev–Trinajstić information content (AvgIpc) is 3.15. The highest BCUT2D eigenvalue weighted by Gasteiger charge is 2.54. The number of rotatable bonds is 5. The molecule has 1 N–H and O–H groups in total. The number of hydrogen-bond acceptors (Lipinski definition) is 6. The number of nitro groups is 1. The molecule has 2 aromatic rings. The van der Waals surface area contributed by atoms with Crippen LogP contribution in [0.25, 0.3) is 0 Å². The molecule has 1 unspecified atom stereocenters. The molecule has 1 amide bonds. The summed E-state index contributed by atoms with van der Waals surface area (Å²) in [6.45, 7) is 1.80. The Morgan fingerprint density at radius 1 is 1.19 bits per heavy atom. The molecule has 4 rings (SSSR count). The van der Waals surface area contributed by atoms with E-state index >= 15 is 0 Å². The highest BCUT2D eigenvalue weighted by Crippen LogP contribution is 2.39. The standard InChI is InChI=1S/C22H22ClN3O6/c23-18-7-6-16(26(30)31)12-17(18)20(27)25-19(21(28)29)14-32-22(25)8-10-24(11-9-22)13-15-4-2-1-3-5-15/h1-7,12,19H,8-11,13-14H2,(H,28,29). The smallest absolute Gasteiger partial charge is 0.328 e. The molecular weight excluding hydrogens is 438 g/mol. The molecule has 10 heteroatoms. The normalized spacial score (nSPS) is 20.4. The van der Waals surface area contributed by atoms with Crippen molar-refractivity contribution in [2.45, 2.75) is 31.2 Å². The summed E-state index contributed by atoms with van der Waals surface area (Å²) >= 11 is 6.18. The van der Waals surface area contributed by atoms with E-state index in [9.17, 15) is 24.8 Å². The van der Waals surface area contributed by atoms with Gasteiger partial charge in [0, 0.05) is 44.6 Å². The fourth-order valence-corrected chi connectivity index (χ4v) is 4.58. The second-order valence-corrected chi connectivity index (χ2v) is 8.38. The lowest BCUT2D eigenvalue weighted by Gasteiger charge is -2.44. The first-order valence-corrected chi connectivity index (χ1v) is 10.6. The number of carboxylic acids is 1. The molecule has 0 aromatic heterocycles. The Morgan fingerprint density at radius 2 is 1.88 bits per heavy atom. The maximum Gasteiger partial charge on any atom is 0.328 e. The lowest BCUT2D eigenvalue weighted by atomic mass is 9.96. The molecule has 1 atom stereocenters. The molecule has 32 heavy (non-hydrogen) atoms. The maximum atomic E-state index is 13.5. The van der Waals surface area contributed by atoms with Crippen molar-refractivity contribution in [3.05, 3.63) is 74.8 Å². The molecule has 2 aliphatic rings. The Balaban J connectivity index is 1.59. The Kier molecular flexibility index (Phi) is 6.14. The van der Waals surface area contributed by atoms with Crippen LogP contribution in [-0.4, -0.2) is 63.2 Å². The van der Waals surface area contributed by atoms with Crippen molar-refractivity contribution in [1.82, 2.24) is 9.80 Å². The summed E-state index contributed by atoms with van der Waals surface area (Å²) in [7, 11) is 0. The van der Waals surface area contributed by atoms with Gasteiger partial charge in [-0.25, -0.2) is 4.79 Å². The van der Waals surface area contributed by atoms with Crippen LogP contribution in [0.2, 0.25) is 5.02 Å². The second-order valence-electron chi connectivity index (χ2n) is 7.97. The number of non-ortho nitro benzene ring substituents is 1. The van der Waals surface area contributed by atoms with Crippen LogP contribution < -0.4 is 0 Å². The van der Waals surface area contributed by atoms with E-state index in [2.05, 4.69) is 4.90 Å². The van der Waals surface area contributed by atoms with Crippen LogP contribution in [0, 0.1) is 10.1 Å². The number of nitro benzene ring substituents is 1. The van der Waals surface area contributed by atoms with E-state index in [1.807, 2.05) is 30.3 Å². The van der Waals surface area contributed by atoms with Crippen LogP contribution in [0.1, 0.15) is 28.8 Å². The minimum Gasteiger partial charge on any atom is -0.480 e. The van der Waals surface area contributed by atoms with Gasteiger partial charge in [-0.05, 0) is 11.6 Å². The lowest BCUT2D eigenvalue weighted by molar-refractivity contribution is -0.384. The summed E-state index contributed by atoms with van der Waals surface area (Å²) in [5, 5.41) is 20.9. The first-order valence-electron chi connectivity index (χ1n) is 10.2. The lowest BCUT2D eigenvalue weighted by Crippen LogP contribution is -2.58. The Labute approximate surface area is 189 Å². The van der Waals surface area contributed by atoms with Crippen molar-refractivity contribution in [3.63, 3.8) is 0 Å². The third-order valence-electron chi connectivity index (χ3n) is 6.04. The van der Waals surface area contributed by atoms with Crippen molar-refractivity contribution in [1.29, 1.82) is 0 Å². The predicted octanol–water partition coefficient (Wildman–Crippen LogP) is 3.17. The van der Waals surface area contributed by atoms with Gasteiger partial charge in [0.1, 0.15) is 5.72 Å². The number of hydrogen-bond donors (Lipinski definition) is 1. The molecule has 2 fully saturated rings. The fraction of sp³-hybridized carbons (Fsp3) is 0.364. The summed E-state index contributed by atoms with van der Waals surface area (Å²) in [6, 6.07) is 12.3. The van der Waals surface area contributed by atoms with Crippen molar-refractivity contribution in [2.24, 2.45) is 0 Å². The van der Waals surface area contributed by atoms with Gasteiger partial charge in [0.2, 0.25) is 0 Å². The maximum absolute atomic E-state index is 13.5. The van der Waals surface area contributed by atoms with Gasteiger partial charge in [-0.2, -0.15) is 0 Å².